The summed E-state index contributed by atoms with van der Waals surface area (Å²) in [7, 11) is 0. The van der Waals surface area contributed by atoms with E-state index >= 15 is 0 Å². The van der Waals surface area contributed by atoms with Crippen molar-refractivity contribution in [2.45, 2.75) is 43.4 Å². The maximum absolute atomic E-state index is 12.9. The Morgan fingerprint density at radius 1 is 0.805 bits per heavy atom. The van der Waals surface area contributed by atoms with E-state index in [0.29, 0.717) is 5.56 Å². The van der Waals surface area contributed by atoms with Crippen LogP contribution in [0.3, 0.4) is 0 Å². The number of aromatic nitrogens is 1. The number of hydrogen-bond acceptors (Lipinski definition) is 8. The van der Waals surface area contributed by atoms with Crippen molar-refractivity contribution in [3.8, 4) is 5.75 Å². The number of aromatic amines is 1. The summed E-state index contributed by atoms with van der Waals surface area (Å²) in [4.78, 5) is 64.5. The van der Waals surface area contributed by atoms with Crippen LogP contribution in [0.5, 0.6) is 5.75 Å². The standard InChI is InChI=1S/C27H31N5O9/c28-18(10-15-12-29-19-4-2-1-3-17(15)19)24(37)30-20(11-23(35)36)25(38)32-22(13-33)26(39)31-21(27(40)41)9-14-5-7-16(34)8-6-14/h1-8,12,18,20-22,29,33-34H,9-11,13,28H2,(H,30,37)(H,31,39)(H,32,38)(H,35,36)(H,40,41). The summed E-state index contributed by atoms with van der Waals surface area (Å²) in [6, 6.07) is 7.05. The molecule has 10 N–H and O–H groups in total. The summed E-state index contributed by atoms with van der Waals surface area (Å²) in [6.07, 6.45) is 0.751. The first-order chi connectivity index (χ1) is 19.5. The lowest BCUT2D eigenvalue weighted by atomic mass is 10.0. The Hall–Kier alpha value is -4.95. The van der Waals surface area contributed by atoms with Crippen LogP contribution in [-0.2, 0) is 36.8 Å². The van der Waals surface area contributed by atoms with E-state index in [9.17, 15) is 44.4 Å². The maximum Gasteiger partial charge on any atom is 0.326 e. The Morgan fingerprint density at radius 2 is 1.41 bits per heavy atom. The molecule has 0 aliphatic heterocycles. The van der Waals surface area contributed by atoms with Gasteiger partial charge < -0.3 is 47.1 Å². The van der Waals surface area contributed by atoms with E-state index in [1.54, 1.807) is 6.20 Å². The van der Waals surface area contributed by atoms with Gasteiger partial charge in [0.25, 0.3) is 0 Å². The third kappa shape index (κ3) is 8.52. The minimum atomic E-state index is -1.66. The summed E-state index contributed by atoms with van der Waals surface area (Å²) in [5.41, 5.74) is 8.08. The fourth-order valence-electron chi connectivity index (χ4n) is 4.10. The molecule has 1 heterocycles. The van der Waals surface area contributed by atoms with E-state index in [2.05, 4.69) is 20.9 Å². The first-order valence-electron chi connectivity index (χ1n) is 12.5. The van der Waals surface area contributed by atoms with Gasteiger partial charge in [-0.15, -0.1) is 0 Å². The number of phenols is 1. The number of phenolic OH excluding ortho intramolecular Hbond substituents is 1. The predicted octanol–water partition coefficient (Wildman–Crippen LogP) is -1.01. The Bertz CT molecular complexity index is 1410. The second-order valence-electron chi connectivity index (χ2n) is 9.34. The van der Waals surface area contributed by atoms with Gasteiger partial charge in [0.15, 0.2) is 0 Å². The molecule has 14 nitrogen and oxygen atoms in total. The molecular formula is C27H31N5O9. The fourth-order valence-corrected chi connectivity index (χ4v) is 4.10. The molecule has 3 rings (SSSR count). The van der Waals surface area contributed by atoms with Crippen molar-refractivity contribution >= 4 is 40.6 Å². The second-order valence-corrected chi connectivity index (χ2v) is 9.34. The zero-order chi connectivity index (χ0) is 30.1. The van der Waals surface area contributed by atoms with Crippen LogP contribution in [0.4, 0.5) is 0 Å². The molecule has 14 heteroatoms. The summed E-state index contributed by atoms with van der Waals surface area (Å²) in [5, 5.41) is 45.4. The van der Waals surface area contributed by atoms with Crippen LogP contribution < -0.4 is 21.7 Å². The number of H-pyrrole nitrogens is 1. The SMILES string of the molecule is NC(Cc1c[nH]c2ccccc12)C(=O)NC(CC(=O)O)C(=O)NC(CO)C(=O)NC(Cc1ccc(O)cc1)C(=O)O. The number of aliphatic hydroxyl groups is 1. The highest BCUT2D eigenvalue weighted by molar-refractivity contribution is 5.96. The van der Waals surface area contributed by atoms with Gasteiger partial charge in [-0.1, -0.05) is 30.3 Å². The van der Waals surface area contributed by atoms with Crippen LogP contribution in [0.1, 0.15) is 17.5 Å². The smallest absolute Gasteiger partial charge is 0.326 e. The number of rotatable bonds is 14. The molecule has 0 bridgehead atoms. The van der Waals surface area contributed by atoms with Gasteiger partial charge in [0.1, 0.15) is 23.9 Å². The lowest BCUT2D eigenvalue weighted by Crippen LogP contribution is -2.58. The normalized spacial score (nSPS) is 13.9. The summed E-state index contributed by atoms with van der Waals surface area (Å²) >= 11 is 0. The quantitative estimate of drug-likeness (QED) is 0.114. The number of carbonyl (C=O) groups excluding carboxylic acids is 3. The molecule has 41 heavy (non-hydrogen) atoms. The van der Waals surface area contributed by atoms with Crippen molar-refractivity contribution < 1.29 is 44.4 Å². The van der Waals surface area contributed by atoms with E-state index < -0.39 is 66.9 Å². The number of para-hydroxylation sites is 1. The molecule has 3 amide bonds. The number of nitrogens with two attached hydrogens (primary N) is 1. The molecule has 2 aromatic carbocycles. The van der Waals surface area contributed by atoms with Crippen LogP contribution in [0.2, 0.25) is 0 Å². The molecular weight excluding hydrogens is 538 g/mol. The number of fused-ring (bicyclic) bond motifs is 1. The number of nitrogens with one attached hydrogen (secondary N) is 4. The number of aliphatic hydroxyl groups excluding tert-OH is 1. The van der Waals surface area contributed by atoms with Crippen molar-refractivity contribution in [2.24, 2.45) is 5.73 Å². The van der Waals surface area contributed by atoms with E-state index in [4.69, 9.17) is 5.73 Å². The molecule has 3 aromatic rings. The summed E-state index contributed by atoms with van der Waals surface area (Å²) < 4.78 is 0. The van der Waals surface area contributed by atoms with Crippen molar-refractivity contribution in [1.29, 1.82) is 0 Å². The summed E-state index contributed by atoms with van der Waals surface area (Å²) in [6.45, 7) is -0.947. The van der Waals surface area contributed by atoms with Gasteiger partial charge >= 0.3 is 11.9 Å². The maximum atomic E-state index is 12.9. The van der Waals surface area contributed by atoms with Crippen molar-refractivity contribution in [2.75, 3.05) is 6.61 Å². The number of carbonyl (C=O) groups is 5. The average molecular weight is 570 g/mol. The molecule has 218 valence electrons. The van der Waals surface area contributed by atoms with Crippen molar-refractivity contribution in [1.82, 2.24) is 20.9 Å². The lowest BCUT2D eigenvalue weighted by Gasteiger charge is -2.23. The van der Waals surface area contributed by atoms with E-state index in [1.165, 1.54) is 24.3 Å². The molecule has 0 aliphatic rings. The first kappa shape index (κ1) is 30.6. The van der Waals surface area contributed by atoms with Gasteiger partial charge in [0.05, 0.1) is 19.1 Å². The van der Waals surface area contributed by atoms with Gasteiger partial charge in [-0.3, -0.25) is 19.2 Å². The number of benzene rings is 2. The number of aromatic hydroxyl groups is 1. The fraction of sp³-hybridized carbons (Fsp3) is 0.296. The van der Waals surface area contributed by atoms with Gasteiger partial charge in [-0.25, -0.2) is 4.79 Å². The predicted molar refractivity (Wildman–Crippen MR) is 145 cm³/mol. The van der Waals surface area contributed by atoms with Crippen molar-refractivity contribution in [3.05, 3.63) is 65.9 Å². The number of carboxylic acids is 2. The van der Waals surface area contributed by atoms with E-state index in [-0.39, 0.29) is 18.6 Å². The number of aliphatic carboxylic acids is 2. The third-order valence-electron chi connectivity index (χ3n) is 6.27. The number of hydrogen-bond donors (Lipinski definition) is 9. The lowest BCUT2D eigenvalue weighted by molar-refractivity contribution is -0.143. The molecule has 0 fully saturated rings. The average Bonchev–Trinajstić information content (AvgIpc) is 3.34. The molecule has 0 radical (unpaired) electrons. The Labute approximate surface area is 233 Å². The number of carboxylic acid groups (broad SMARTS) is 2. The molecule has 0 saturated carbocycles. The molecule has 0 aliphatic carbocycles. The molecule has 0 spiro atoms. The Balaban J connectivity index is 1.64. The monoisotopic (exact) mass is 569 g/mol. The highest BCUT2D eigenvalue weighted by Gasteiger charge is 2.31. The molecule has 4 unspecified atom stereocenters. The van der Waals surface area contributed by atoms with Crippen LogP contribution in [0.25, 0.3) is 10.9 Å². The zero-order valence-electron chi connectivity index (χ0n) is 21.7. The first-order valence-corrected chi connectivity index (χ1v) is 12.5. The minimum absolute atomic E-state index is 0.0327. The van der Waals surface area contributed by atoms with Gasteiger partial charge in [-0.05, 0) is 35.7 Å². The second kappa shape index (κ2) is 13.9. The highest BCUT2D eigenvalue weighted by Crippen LogP contribution is 2.19. The third-order valence-corrected chi connectivity index (χ3v) is 6.27. The highest BCUT2D eigenvalue weighted by atomic mass is 16.4. The van der Waals surface area contributed by atoms with Crippen LogP contribution >= 0.6 is 0 Å². The molecule has 1 aromatic heterocycles. The van der Waals surface area contributed by atoms with E-state index in [0.717, 1.165) is 16.5 Å². The number of amides is 3. The van der Waals surface area contributed by atoms with Gasteiger partial charge in [-0.2, -0.15) is 0 Å². The van der Waals surface area contributed by atoms with Gasteiger partial charge in [0.2, 0.25) is 17.7 Å². The van der Waals surface area contributed by atoms with Crippen LogP contribution in [0.15, 0.2) is 54.7 Å². The Morgan fingerprint density at radius 3 is 2.05 bits per heavy atom. The largest absolute Gasteiger partial charge is 0.508 e. The molecule has 0 saturated heterocycles. The zero-order valence-corrected chi connectivity index (χ0v) is 21.7. The topological polar surface area (TPSA) is 244 Å². The van der Waals surface area contributed by atoms with E-state index in [1.807, 2.05) is 24.3 Å². The van der Waals surface area contributed by atoms with Crippen LogP contribution in [-0.4, -0.2) is 85.8 Å². The molecule has 4 atom stereocenters. The van der Waals surface area contributed by atoms with Crippen molar-refractivity contribution in [3.63, 3.8) is 0 Å². The van der Waals surface area contributed by atoms with Gasteiger partial charge in [0, 0.05) is 23.5 Å². The Kier molecular flexibility index (Phi) is 10.4. The minimum Gasteiger partial charge on any atom is -0.508 e. The van der Waals surface area contributed by atoms with Crippen LogP contribution in [0, 0.1) is 0 Å². The summed E-state index contributed by atoms with van der Waals surface area (Å²) in [5.74, 6) is -5.82.